The zero-order chi connectivity index (χ0) is 12.7. The number of methoxy groups -OCH3 is 1. The number of nitrogens with zero attached hydrogens (tertiary/aromatic N) is 2. The van der Waals surface area contributed by atoms with E-state index in [0.29, 0.717) is 11.6 Å². The lowest BCUT2D eigenvalue weighted by Gasteiger charge is -2.28. The van der Waals surface area contributed by atoms with E-state index in [-0.39, 0.29) is 0 Å². The van der Waals surface area contributed by atoms with Gasteiger partial charge in [-0.15, -0.1) is 0 Å². The topological polar surface area (TPSA) is 60.6 Å². The van der Waals surface area contributed by atoms with E-state index in [9.17, 15) is 0 Å². The fourth-order valence-electron chi connectivity index (χ4n) is 1.57. The number of ether oxygens (including phenoxy) is 2. The smallest absolute Gasteiger partial charge is 0.238 e. The van der Waals surface area contributed by atoms with E-state index >= 15 is 0 Å². The molecule has 0 saturated carbocycles. The Bertz CT molecular complexity index is 339. The molecule has 2 N–H and O–H groups in total. The third kappa shape index (κ3) is 3.49. The Hall–Kier alpha value is -1.49. The van der Waals surface area contributed by atoms with E-state index in [0.717, 1.165) is 32.1 Å². The molecule has 1 aromatic heterocycles. The summed E-state index contributed by atoms with van der Waals surface area (Å²) in [5.74, 6) is 1.38. The molecule has 1 aliphatic rings. The summed E-state index contributed by atoms with van der Waals surface area (Å²) >= 11 is 0. The number of anilines is 2. The fraction of sp³-hybridized carbons (Fsp3) is 0.583. The SMILES string of the molecule is CC.COc1nc(N2CCOCC2)ccc1N. The second kappa shape index (κ2) is 6.96. The molecular weight excluding hydrogens is 218 g/mol. The third-order valence-electron chi connectivity index (χ3n) is 2.40. The molecule has 0 radical (unpaired) electrons. The number of rotatable bonds is 2. The highest BCUT2D eigenvalue weighted by Crippen LogP contribution is 2.22. The molecule has 0 unspecified atom stereocenters. The number of nitrogens with two attached hydrogens (primary N) is 1. The van der Waals surface area contributed by atoms with Gasteiger partial charge in [0.25, 0.3) is 0 Å². The van der Waals surface area contributed by atoms with Crippen LogP contribution in [0.25, 0.3) is 0 Å². The summed E-state index contributed by atoms with van der Waals surface area (Å²) in [6, 6.07) is 3.72. The maximum Gasteiger partial charge on any atom is 0.238 e. The first kappa shape index (κ1) is 13.6. The van der Waals surface area contributed by atoms with Crippen LogP contribution < -0.4 is 15.4 Å². The van der Waals surface area contributed by atoms with Gasteiger partial charge in [-0.1, -0.05) is 13.8 Å². The lowest BCUT2D eigenvalue weighted by molar-refractivity contribution is 0.122. The normalized spacial score (nSPS) is 14.9. The first-order valence-corrected chi connectivity index (χ1v) is 5.94. The summed E-state index contributed by atoms with van der Waals surface area (Å²) in [6.07, 6.45) is 0. The highest BCUT2D eigenvalue weighted by molar-refractivity contribution is 5.54. The van der Waals surface area contributed by atoms with E-state index in [1.165, 1.54) is 0 Å². The Morgan fingerprint density at radius 1 is 1.29 bits per heavy atom. The summed E-state index contributed by atoms with van der Waals surface area (Å²) in [4.78, 5) is 6.50. The van der Waals surface area contributed by atoms with Crippen LogP contribution in [0.15, 0.2) is 12.1 Å². The molecule has 0 amide bonds. The zero-order valence-electron chi connectivity index (χ0n) is 10.8. The molecule has 0 bridgehead atoms. The van der Waals surface area contributed by atoms with Crippen molar-refractivity contribution in [2.45, 2.75) is 13.8 Å². The molecule has 96 valence electrons. The average Bonchev–Trinajstić information content (AvgIpc) is 2.42. The maximum atomic E-state index is 5.70. The Balaban J connectivity index is 0.000000686. The summed E-state index contributed by atoms with van der Waals surface area (Å²) in [7, 11) is 1.57. The quantitative estimate of drug-likeness (QED) is 0.848. The van der Waals surface area contributed by atoms with Crippen LogP contribution in [0.1, 0.15) is 13.8 Å². The van der Waals surface area contributed by atoms with Crippen molar-refractivity contribution >= 4 is 11.5 Å². The minimum absolute atomic E-state index is 0.485. The van der Waals surface area contributed by atoms with Gasteiger partial charge in [0, 0.05) is 13.1 Å². The van der Waals surface area contributed by atoms with Gasteiger partial charge in [-0.3, -0.25) is 0 Å². The van der Waals surface area contributed by atoms with Gasteiger partial charge in [0.15, 0.2) is 0 Å². The van der Waals surface area contributed by atoms with Crippen LogP contribution in [0.5, 0.6) is 5.88 Å². The van der Waals surface area contributed by atoms with Gasteiger partial charge in [0.2, 0.25) is 5.88 Å². The number of morpholine rings is 1. The number of hydrogen-bond donors (Lipinski definition) is 1. The molecule has 5 nitrogen and oxygen atoms in total. The number of nitrogen functional groups attached to an aromatic ring is 1. The monoisotopic (exact) mass is 239 g/mol. The number of hydrogen-bond acceptors (Lipinski definition) is 5. The van der Waals surface area contributed by atoms with E-state index < -0.39 is 0 Å². The number of aromatic nitrogens is 1. The Labute approximate surface area is 103 Å². The van der Waals surface area contributed by atoms with Crippen molar-refractivity contribution in [1.29, 1.82) is 0 Å². The largest absolute Gasteiger partial charge is 0.479 e. The van der Waals surface area contributed by atoms with Crippen molar-refractivity contribution in [2.24, 2.45) is 0 Å². The molecule has 1 saturated heterocycles. The minimum Gasteiger partial charge on any atom is -0.479 e. The maximum absolute atomic E-state index is 5.70. The highest BCUT2D eigenvalue weighted by Gasteiger charge is 2.13. The summed E-state index contributed by atoms with van der Waals surface area (Å²) < 4.78 is 10.4. The predicted molar refractivity (Wildman–Crippen MR) is 69.6 cm³/mol. The first-order valence-electron chi connectivity index (χ1n) is 5.94. The minimum atomic E-state index is 0.485. The summed E-state index contributed by atoms with van der Waals surface area (Å²) in [6.45, 7) is 7.21. The van der Waals surface area contributed by atoms with Gasteiger partial charge in [-0.2, -0.15) is 4.98 Å². The molecule has 0 aromatic carbocycles. The van der Waals surface area contributed by atoms with Crippen molar-refractivity contribution in [3.8, 4) is 5.88 Å². The molecule has 1 aliphatic heterocycles. The van der Waals surface area contributed by atoms with E-state index in [4.69, 9.17) is 15.2 Å². The molecular formula is C12H21N3O2. The Kier molecular flexibility index (Phi) is 5.56. The van der Waals surface area contributed by atoms with E-state index in [1.807, 2.05) is 26.0 Å². The van der Waals surface area contributed by atoms with Crippen LogP contribution in [0, 0.1) is 0 Å². The Morgan fingerprint density at radius 2 is 1.94 bits per heavy atom. The van der Waals surface area contributed by atoms with Crippen LogP contribution in [0.2, 0.25) is 0 Å². The molecule has 17 heavy (non-hydrogen) atoms. The molecule has 2 rings (SSSR count). The molecule has 0 aliphatic carbocycles. The zero-order valence-corrected chi connectivity index (χ0v) is 10.8. The van der Waals surface area contributed by atoms with Crippen LogP contribution in [-0.4, -0.2) is 38.4 Å². The van der Waals surface area contributed by atoms with Gasteiger partial charge in [-0.05, 0) is 12.1 Å². The molecule has 5 heteroatoms. The van der Waals surface area contributed by atoms with Crippen molar-refractivity contribution in [1.82, 2.24) is 4.98 Å². The van der Waals surface area contributed by atoms with E-state index in [1.54, 1.807) is 7.11 Å². The lowest BCUT2D eigenvalue weighted by atomic mass is 10.3. The number of pyridine rings is 1. The molecule has 0 atom stereocenters. The Morgan fingerprint density at radius 3 is 2.53 bits per heavy atom. The van der Waals surface area contributed by atoms with Gasteiger partial charge < -0.3 is 20.1 Å². The fourth-order valence-corrected chi connectivity index (χ4v) is 1.57. The summed E-state index contributed by atoms with van der Waals surface area (Å²) in [5, 5.41) is 0. The predicted octanol–water partition coefficient (Wildman–Crippen LogP) is 1.54. The van der Waals surface area contributed by atoms with Gasteiger partial charge >= 0.3 is 0 Å². The van der Waals surface area contributed by atoms with Crippen molar-refractivity contribution in [3.05, 3.63) is 12.1 Å². The second-order valence-corrected chi connectivity index (χ2v) is 3.37. The van der Waals surface area contributed by atoms with Gasteiger partial charge in [-0.25, -0.2) is 0 Å². The molecule has 0 spiro atoms. The third-order valence-corrected chi connectivity index (χ3v) is 2.40. The van der Waals surface area contributed by atoms with Crippen LogP contribution in [0.3, 0.4) is 0 Å². The van der Waals surface area contributed by atoms with E-state index in [2.05, 4.69) is 9.88 Å². The second-order valence-electron chi connectivity index (χ2n) is 3.37. The molecule has 1 aromatic rings. The highest BCUT2D eigenvalue weighted by atomic mass is 16.5. The average molecular weight is 239 g/mol. The van der Waals surface area contributed by atoms with Crippen molar-refractivity contribution < 1.29 is 9.47 Å². The first-order chi connectivity index (χ1) is 8.31. The standard InChI is InChI=1S/C10H15N3O2.C2H6/c1-14-10-8(11)2-3-9(12-10)13-4-6-15-7-5-13;1-2/h2-3H,4-7,11H2,1H3;1-2H3. The lowest BCUT2D eigenvalue weighted by Crippen LogP contribution is -2.36. The van der Waals surface area contributed by atoms with Crippen LogP contribution in [0.4, 0.5) is 11.5 Å². The summed E-state index contributed by atoms with van der Waals surface area (Å²) in [5.41, 5.74) is 6.26. The van der Waals surface area contributed by atoms with Crippen molar-refractivity contribution in [2.75, 3.05) is 44.0 Å². The van der Waals surface area contributed by atoms with Gasteiger partial charge in [0.05, 0.1) is 26.0 Å². The molecule has 2 heterocycles. The van der Waals surface area contributed by atoms with Gasteiger partial charge in [0.1, 0.15) is 5.82 Å². The van der Waals surface area contributed by atoms with Crippen LogP contribution in [-0.2, 0) is 4.74 Å². The van der Waals surface area contributed by atoms with Crippen molar-refractivity contribution in [3.63, 3.8) is 0 Å². The van der Waals surface area contributed by atoms with Crippen LogP contribution >= 0.6 is 0 Å². The molecule has 1 fully saturated rings.